The molecule has 0 spiro atoms. The van der Waals surface area contributed by atoms with E-state index in [2.05, 4.69) is 5.32 Å². The van der Waals surface area contributed by atoms with Crippen LogP contribution >= 0.6 is 0 Å². The van der Waals surface area contributed by atoms with E-state index in [0.29, 0.717) is 0 Å². The summed E-state index contributed by atoms with van der Waals surface area (Å²) in [5.41, 5.74) is 0. The van der Waals surface area contributed by atoms with Crippen molar-refractivity contribution >= 4 is 10.0 Å². The maximum Gasteiger partial charge on any atom is 0.214 e. The van der Waals surface area contributed by atoms with Gasteiger partial charge in [-0.25, -0.2) is 8.42 Å². The van der Waals surface area contributed by atoms with Crippen LogP contribution in [-0.4, -0.2) is 55.9 Å². The van der Waals surface area contributed by atoms with Crippen molar-refractivity contribution in [3.05, 3.63) is 0 Å². The maximum absolute atomic E-state index is 12.7. The molecule has 0 radical (unpaired) electrons. The summed E-state index contributed by atoms with van der Waals surface area (Å²) < 4.78 is 26.9. The topological polar surface area (TPSA) is 69.6 Å². The highest BCUT2D eigenvalue weighted by atomic mass is 32.2. The molecule has 1 saturated carbocycles. The molecule has 20 heavy (non-hydrogen) atoms. The minimum Gasteiger partial charge on any atom is -0.395 e. The van der Waals surface area contributed by atoms with Crippen molar-refractivity contribution in [3.63, 3.8) is 0 Å². The zero-order valence-corrected chi connectivity index (χ0v) is 13.1. The lowest BCUT2D eigenvalue weighted by Gasteiger charge is -2.34. The number of rotatable bonds is 6. The lowest BCUT2D eigenvalue weighted by Crippen LogP contribution is -2.46. The van der Waals surface area contributed by atoms with Gasteiger partial charge in [0, 0.05) is 12.6 Å². The summed E-state index contributed by atoms with van der Waals surface area (Å²) in [6.07, 6.45) is 7.36. The quantitative estimate of drug-likeness (QED) is 0.766. The van der Waals surface area contributed by atoms with Gasteiger partial charge in [0.1, 0.15) is 0 Å². The van der Waals surface area contributed by atoms with Gasteiger partial charge in [0.05, 0.1) is 12.4 Å². The Morgan fingerprint density at radius 2 is 1.85 bits per heavy atom. The van der Waals surface area contributed by atoms with E-state index in [1.165, 1.54) is 6.42 Å². The smallest absolute Gasteiger partial charge is 0.214 e. The van der Waals surface area contributed by atoms with Crippen LogP contribution in [0.2, 0.25) is 0 Å². The lowest BCUT2D eigenvalue weighted by atomic mass is 9.95. The fraction of sp³-hybridized carbons (Fsp3) is 1.00. The van der Waals surface area contributed by atoms with E-state index in [9.17, 15) is 13.5 Å². The Morgan fingerprint density at radius 1 is 1.10 bits per heavy atom. The predicted octanol–water partition coefficient (Wildman–Crippen LogP) is 0.943. The van der Waals surface area contributed by atoms with Gasteiger partial charge in [-0.1, -0.05) is 19.3 Å². The second-order valence-electron chi connectivity index (χ2n) is 6.12. The second kappa shape index (κ2) is 7.73. The van der Waals surface area contributed by atoms with Gasteiger partial charge in [-0.05, 0) is 44.7 Å². The van der Waals surface area contributed by atoms with Crippen LogP contribution in [0.3, 0.4) is 0 Å². The standard InChI is InChI=1S/C14H28N2O3S/c17-10-9-16(14-6-2-1-3-7-14)20(18,19)12-13-5-4-8-15-11-13/h13-15,17H,1-12H2. The molecule has 1 unspecified atom stereocenters. The van der Waals surface area contributed by atoms with E-state index < -0.39 is 10.0 Å². The SMILES string of the molecule is O=S(=O)(CC1CCCNC1)N(CCO)C1CCCCC1. The molecule has 1 aliphatic carbocycles. The van der Waals surface area contributed by atoms with Crippen molar-refractivity contribution in [1.29, 1.82) is 0 Å². The monoisotopic (exact) mass is 304 g/mol. The molecule has 1 aliphatic heterocycles. The van der Waals surface area contributed by atoms with Gasteiger partial charge in [-0.3, -0.25) is 0 Å². The first-order valence-electron chi connectivity index (χ1n) is 7.94. The van der Waals surface area contributed by atoms with E-state index in [1.54, 1.807) is 4.31 Å². The average Bonchev–Trinajstić information content (AvgIpc) is 2.46. The Balaban J connectivity index is 2.01. The van der Waals surface area contributed by atoms with Crippen molar-refractivity contribution in [1.82, 2.24) is 9.62 Å². The maximum atomic E-state index is 12.7. The Hall–Kier alpha value is -0.170. The first-order valence-corrected chi connectivity index (χ1v) is 9.55. The molecule has 2 aliphatic rings. The third-order valence-corrected chi connectivity index (χ3v) is 6.59. The van der Waals surface area contributed by atoms with Crippen LogP contribution in [0.25, 0.3) is 0 Å². The predicted molar refractivity (Wildman–Crippen MR) is 80.0 cm³/mol. The molecule has 0 aromatic rings. The van der Waals surface area contributed by atoms with Gasteiger partial charge in [0.15, 0.2) is 0 Å². The molecule has 1 saturated heterocycles. The van der Waals surface area contributed by atoms with Crippen LogP contribution in [0.15, 0.2) is 0 Å². The normalized spacial score (nSPS) is 26.0. The number of aliphatic hydroxyl groups is 1. The van der Waals surface area contributed by atoms with E-state index >= 15 is 0 Å². The van der Waals surface area contributed by atoms with Crippen molar-refractivity contribution in [2.24, 2.45) is 5.92 Å². The van der Waals surface area contributed by atoms with Crippen LogP contribution in [0, 0.1) is 5.92 Å². The zero-order valence-electron chi connectivity index (χ0n) is 12.3. The van der Waals surface area contributed by atoms with E-state index in [-0.39, 0.29) is 30.9 Å². The molecule has 2 N–H and O–H groups in total. The minimum atomic E-state index is -3.25. The lowest BCUT2D eigenvalue weighted by molar-refractivity contribution is 0.198. The average molecular weight is 304 g/mol. The first kappa shape index (κ1) is 16.2. The van der Waals surface area contributed by atoms with Crippen molar-refractivity contribution in [2.45, 2.75) is 51.0 Å². The second-order valence-corrected chi connectivity index (χ2v) is 8.08. The zero-order chi connectivity index (χ0) is 14.4. The van der Waals surface area contributed by atoms with Crippen molar-refractivity contribution in [3.8, 4) is 0 Å². The van der Waals surface area contributed by atoms with Crippen LogP contribution < -0.4 is 5.32 Å². The molecule has 6 heteroatoms. The Morgan fingerprint density at radius 3 is 2.45 bits per heavy atom. The van der Waals surface area contributed by atoms with Crippen molar-refractivity contribution < 1.29 is 13.5 Å². The highest BCUT2D eigenvalue weighted by Crippen LogP contribution is 2.26. The number of piperidine rings is 1. The van der Waals surface area contributed by atoms with E-state index in [0.717, 1.165) is 51.6 Å². The summed E-state index contributed by atoms with van der Waals surface area (Å²) in [5, 5.41) is 12.5. The molecule has 0 aromatic carbocycles. The number of nitrogens with one attached hydrogen (secondary N) is 1. The molecule has 0 amide bonds. The van der Waals surface area contributed by atoms with E-state index in [1.807, 2.05) is 0 Å². The highest BCUT2D eigenvalue weighted by molar-refractivity contribution is 7.89. The Kier molecular flexibility index (Phi) is 6.26. The number of hydrogen-bond acceptors (Lipinski definition) is 4. The number of hydrogen-bond donors (Lipinski definition) is 2. The third-order valence-electron chi connectivity index (χ3n) is 4.50. The molecule has 1 heterocycles. The fourth-order valence-electron chi connectivity index (χ4n) is 3.48. The molecule has 5 nitrogen and oxygen atoms in total. The largest absolute Gasteiger partial charge is 0.395 e. The third kappa shape index (κ3) is 4.41. The first-order chi connectivity index (χ1) is 9.63. The van der Waals surface area contributed by atoms with Crippen LogP contribution in [0.4, 0.5) is 0 Å². The highest BCUT2D eigenvalue weighted by Gasteiger charge is 2.32. The summed E-state index contributed by atoms with van der Waals surface area (Å²) in [4.78, 5) is 0. The molecule has 1 atom stereocenters. The molecule has 0 bridgehead atoms. The fourth-order valence-corrected chi connectivity index (χ4v) is 5.57. The van der Waals surface area contributed by atoms with Crippen molar-refractivity contribution in [2.75, 3.05) is 32.0 Å². The van der Waals surface area contributed by atoms with Gasteiger partial charge < -0.3 is 10.4 Å². The number of nitrogens with zero attached hydrogens (tertiary/aromatic N) is 1. The van der Waals surface area contributed by atoms with Crippen LogP contribution in [0.1, 0.15) is 44.9 Å². The summed E-state index contributed by atoms with van der Waals surface area (Å²) >= 11 is 0. The van der Waals surface area contributed by atoms with Crippen LogP contribution in [-0.2, 0) is 10.0 Å². The van der Waals surface area contributed by atoms with Gasteiger partial charge in [-0.15, -0.1) is 0 Å². The summed E-state index contributed by atoms with van der Waals surface area (Å²) in [6, 6.07) is 0.109. The molecule has 0 aromatic heterocycles. The molecular weight excluding hydrogens is 276 g/mol. The van der Waals surface area contributed by atoms with Gasteiger partial charge in [0.25, 0.3) is 0 Å². The van der Waals surface area contributed by atoms with Gasteiger partial charge >= 0.3 is 0 Å². The summed E-state index contributed by atoms with van der Waals surface area (Å²) in [6.45, 7) is 1.97. The number of aliphatic hydroxyl groups excluding tert-OH is 1. The molecule has 2 fully saturated rings. The molecule has 118 valence electrons. The molecular formula is C14H28N2O3S. The minimum absolute atomic E-state index is 0.0847. The van der Waals surface area contributed by atoms with Crippen LogP contribution in [0.5, 0.6) is 0 Å². The number of sulfonamides is 1. The Bertz CT molecular complexity index is 374. The summed E-state index contributed by atoms with van der Waals surface area (Å²) in [7, 11) is -3.25. The van der Waals surface area contributed by atoms with Gasteiger partial charge in [-0.2, -0.15) is 4.31 Å². The Labute approximate surface area is 122 Å². The summed E-state index contributed by atoms with van der Waals surface area (Å²) in [5.74, 6) is 0.454. The van der Waals surface area contributed by atoms with E-state index in [4.69, 9.17) is 0 Å². The molecule has 2 rings (SSSR count). The van der Waals surface area contributed by atoms with Gasteiger partial charge in [0.2, 0.25) is 10.0 Å².